The zero-order valence-corrected chi connectivity index (χ0v) is 13.1. The first-order valence-corrected chi connectivity index (χ1v) is 8.54. The van der Waals surface area contributed by atoms with Crippen molar-refractivity contribution in [2.45, 2.75) is 56.1 Å². The maximum atomic E-state index is 5.98. The fourth-order valence-corrected chi connectivity index (χ4v) is 4.60. The van der Waals surface area contributed by atoms with Gasteiger partial charge in [-0.3, -0.25) is 0 Å². The van der Waals surface area contributed by atoms with Crippen LogP contribution < -0.4 is 5.73 Å². The van der Waals surface area contributed by atoms with Crippen molar-refractivity contribution >= 4 is 11.8 Å². The Kier molecular flexibility index (Phi) is 5.77. The second kappa shape index (κ2) is 7.35. The van der Waals surface area contributed by atoms with Crippen molar-refractivity contribution in [3.05, 3.63) is 29.8 Å². The number of rotatable bonds is 5. The van der Waals surface area contributed by atoms with Crippen LogP contribution in [0, 0.1) is 18.8 Å². The van der Waals surface area contributed by atoms with Crippen LogP contribution in [0.4, 0.5) is 0 Å². The van der Waals surface area contributed by atoms with E-state index in [1.165, 1.54) is 42.6 Å². The molecule has 1 aromatic rings. The van der Waals surface area contributed by atoms with E-state index in [4.69, 9.17) is 5.73 Å². The van der Waals surface area contributed by atoms with Gasteiger partial charge in [0, 0.05) is 10.1 Å². The van der Waals surface area contributed by atoms with E-state index in [1.807, 2.05) is 0 Å². The van der Waals surface area contributed by atoms with E-state index in [0.29, 0.717) is 5.92 Å². The fourth-order valence-electron chi connectivity index (χ4n) is 3.15. The lowest BCUT2D eigenvalue weighted by Gasteiger charge is -2.35. The third-order valence-corrected chi connectivity index (χ3v) is 5.77. The summed E-state index contributed by atoms with van der Waals surface area (Å²) in [5.41, 5.74) is 7.32. The summed E-state index contributed by atoms with van der Waals surface area (Å²) < 4.78 is 0. The van der Waals surface area contributed by atoms with Crippen molar-refractivity contribution < 1.29 is 0 Å². The molecule has 1 aliphatic carbocycles. The summed E-state index contributed by atoms with van der Waals surface area (Å²) in [4.78, 5) is 1.41. The van der Waals surface area contributed by atoms with Crippen LogP contribution in [0.1, 0.15) is 44.6 Å². The van der Waals surface area contributed by atoms with Gasteiger partial charge in [0.1, 0.15) is 0 Å². The minimum Gasteiger partial charge on any atom is -0.330 e. The predicted octanol–water partition coefficient (Wildman–Crippen LogP) is 4.63. The number of aryl methyl sites for hydroxylation is 1. The Morgan fingerprint density at radius 3 is 2.58 bits per heavy atom. The zero-order chi connectivity index (χ0) is 13.7. The number of hydrogen-bond donors (Lipinski definition) is 1. The lowest BCUT2D eigenvalue weighted by Crippen LogP contribution is -2.32. The zero-order valence-electron chi connectivity index (χ0n) is 12.3. The molecule has 19 heavy (non-hydrogen) atoms. The van der Waals surface area contributed by atoms with Crippen LogP contribution in [0.3, 0.4) is 0 Å². The average molecular weight is 277 g/mol. The van der Waals surface area contributed by atoms with Crippen LogP contribution in [0.15, 0.2) is 29.2 Å². The summed E-state index contributed by atoms with van der Waals surface area (Å²) >= 11 is 2.06. The fraction of sp³-hybridized carbons (Fsp3) is 0.647. The van der Waals surface area contributed by atoms with Gasteiger partial charge in [0.05, 0.1) is 0 Å². The molecule has 3 unspecified atom stereocenters. The standard InChI is InChI=1S/C17H27NS/c1-3-4-14-7-8-15(12-18)17(11-14)19-16-9-5-13(2)6-10-16/h5-6,9-10,14-15,17H,3-4,7-8,11-12,18H2,1-2H3. The van der Waals surface area contributed by atoms with Gasteiger partial charge < -0.3 is 5.73 Å². The summed E-state index contributed by atoms with van der Waals surface area (Å²) in [6.07, 6.45) is 6.78. The smallest absolute Gasteiger partial charge is 0.0137 e. The third-order valence-electron chi connectivity index (χ3n) is 4.35. The van der Waals surface area contributed by atoms with E-state index in [2.05, 4.69) is 49.9 Å². The first-order valence-electron chi connectivity index (χ1n) is 7.66. The van der Waals surface area contributed by atoms with Gasteiger partial charge in [-0.15, -0.1) is 11.8 Å². The van der Waals surface area contributed by atoms with E-state index in [-0.39, 0.29) is 0 Å². The van der Waals surface area contributed by atoms with Gasteiger partial charge in [0.25, 0.3) is 0 Å². The normalized spacial score (nSPS) is 27.4. The lowest BCUT2D eigenvalue weighted by atomic mass is 9.80. The van der Waals surface area contributed by atoms with E-state index in [9.17, 15) is 0 Å². The van der Waals surface area contributed by atoms with Gasteiger partial charge >= 0.3 is 0 Å². The Balaban J connectivity index is 1.99. The van der Waals surface area contributed by atoms with Gasteiger partial charge in [-0.1, -0.05) is 43.9 Å². The van der Waals surface area contributed by atoms with E-state index >= 15 is 0 Å². The Hall–Kier alpha value is -0.470. The van der Waals surface area contributed by atoms with Crippen molar-refractivity contribution in [2.75, 3.05) is 6.54 Å². The summed E-state index contributed by atoms with van der Waals surface area (Å²) in [7, 11) is 0. The molecule has 1 aliphatic rings. The molecule has 1 fully saturated rings. The summed E-state index contributed by atoms with van der Waals surface area (Å²) in [5, 5.41) is 0.720. The van der Waals surface area contributed by atoms with Gasteiger partial charge in [-0.2, -0.15) is 0 Å². The molecule has 1 aromatic carbocycles. The topological polar surface area (TPSA) is 26.0 Å². The average Bonchev–Trinajstić information content (AvgIpc) is 2.42. The van der Waals surface area contributed by atoms with Crippen molar-refractivity contribution in [3.8, 4) is 0 Å². The minimum absolute atomic E-state index is 0.708. The molecule has 2 heteroatoms. The first kappa shape index (κ1) is 14.9. The van der Waals surface area contributed by atoms with E-state index < -0.39 is 0 Å². The Morgan fingerprint density at radius 2 is 1.95 bits per heavy atom. The summed E-state index contributed by atoms with van der Waals surface area (Å²) in [5.74, 6) is 1.63. The number of hydrogen-bond acceptors (Lipinski definition) is 2. The van der Waals surface area contributed by atoms with E-state index in [1.54, 1.807) is 0 Å². The Labute approximate surface area is 122 Å². The van der Waals surface area contributed by atoms with Crippen LogP contribution in [0.25, 0.3) is 0 Å². The predicted molar refractivity (Wildman–Crippen MR) is 85.6 cm³/mol. The monoisotopic (exact) mass is 277 g/mol. The second-order valence-electron chi connectivity index (χ2n) is 5.93. The highest BCUT2D eigenvalue weighted by Gasteiger charge is 2.29. The number of thioether (sulfide) groups is 1. The van der Waals surface area contributed by atoms with Gasteiger partial charge in [0.2, 0.25) is 0 Å². The van der Waals surface area contributed by atoms with Crippen molar-refractivity contribution in [1.82, 2.24) is 0 Å². The van der Waals surface area contributed by atoms with Crippen LogP contribution in [0.5, 0.6) is 0 Å². The molecule has 2 N–H and O–H groups in total. The van der Waals surface area contributed by atoms with Crippen LogP contribution in [0.2, 0.25) is 0 Å². The molecule has 106 valence electrons. The molecular weight excluding hydrogens is 250 g/mol. The molecule has 0 saturated heterocycles. The molecule has 0 aromatic heterocycles. The van der Waals surface area contributed by atoms with Gasteiger partial charge in [-0.25, -0.2) is 0 Å². The lowest BCUT2D eigenvalue weighted by molar-refractivity contribution is 0.276. The molecule has 2 rings (SSSR count). The largest absolute Gasteiger partial charge is 0.330 e. The highest BCUT2D eigenvalue weighted by molar-refractivity contribution is 8.00. The molecule has 0 aliphatic heterocycles. The number of nitrogens with two attached hydrogens (primary N) is 1. The highest BCUT2D eigenvalue weighted by atomic mass is 32.2. The molecule has 1 nitrogen and oxygen atoms in total. The molecule has 1 saturated carbocycles. The Morgan fingerprint density at radius 1 is 1.21 bits per heavy atom. The maximum Gasteiger partial charge on any atom is 0.0137 e. The van der Waals surface area contributed by atoms with Crippen LogP contribution in [-0.2, 0) is 0 Å². The molecule has 3 atom stereocenters. The second-order valence-corrected chi connectivity index (χ2v) is 7.25. The van der Waals surface area contributed by atoms with Gasteiger partial charge in [-0.05, 0) is 50.3 Å². The molecule has 0 amide bonds. The number of benzene rings is 1. The summed E-state index contributed by atoms with van der Waals surface area (Å²) in [6.45, 7) is 5.30. The van der Waals surface area contributed by atoms with Crippen molar-refractivity contribution in [1.29, 1.82) is 0 Å². The van der Waals surface area contributed by atoms with E-state index in [0.717, 1.165) is 17.7 Å². The van der Waals surface area contributed by atoms with Crippen molar-refractivity contribution in [2.24, 2.45) is 17.6 Å². The third kappa shape index (κ3) is 4.25. The molecular formula is C17H27NS. The maximum absolute atomic E-state index is 5.98. The minimum atomic E-state index is 0.708. The quantitative estimate of drug-likeness (QED) is 0.849. The molecule has 0 spiro atoms. The Bertz CT molecular complexity index is 373. The van der Waals surface area contributed by atoms with Crippen molar-refractivity contribution in [3.63, 3.8) is 0 Å². The van der Waals surface area contributed by atoms with Crippen LogP contribution in [-0.4, -0.2) is 11.8 Å². The SMILES string of the molecule is CCCC1CCC(CN)C(Sc2ccc(C)cc2)C1. The van der Waals surface area contributed by atoms with Gasteiger partial charge in [0.15, 0.2) is 0 Å². The molecule has 0 bridgehead atoms. The summed E-state index contributed by atoms with van der Waals surface area (Å²) in [6, 6.07) is 8.95. The van der Waals surface area contributed by atoms with Crippen LogP contribution >= 0.6 is 11.8 Å². The first-order chi connectivity index (χ1) is 9.22. The molecule has 0 radical (unpaired) electrons. The highest BCUT2D eigenvalue weighted by Crippen LogP contribution is 2.40. The molecule has 0 heterocycles.